The summed E-state index contributed by atoms with van der Waals surface area (Å²) in [6, 6.07) is 0. The Bertz CT molecular complexity index is 273. The number of hydrogen-bond donors (Lipinski definition) is 1. The van der Waals surface area contributed by atoms with Crippen LogP contribution in [0, 0.1) is 0 Å². The molecule has 0 spiro atoms. The molecule has 0 saturated heterocycles. The second-order valence-electron chi connectivity index (χ2n) is 1.78. The van der Waals surface area contributed by atoms with Crippen molar-refractivity contribution in [3.8, 4) is 0 Å². The van der Waals surface area contributed by atoms with Gasteiger partial charge in [-0.15, -0.1) is 23.2 Å². The molecule has 0 radical (unpaired) electrons. The van der Waals surface area contributed by atoms with Crippen molar-refractivity contribution in [1.29, 1.82) is 0 Å². The van der Waals surface area contributed by atoms with Gasteiger partial charge in [-0.1, -0.05) is 0 Å². The van der Waals surface area contributed by atoms with Crippen LogP contribution in [0.15, 0.2) is 4.79 Å². The Morgan fingerprint density at radius 1 is 1.27 bits per heavy atom. The first kappa shape index (κ1) is 8.49. The van der Waals surface area contributed by atoms with Gasteiger partial charge in [0.05, 0.1) is 11.8 Å². The molecule has 0 atom stereocenters. The highest BCUT2D eigenvalue weighted by molar-refractivity contribution is 6.17. The Balaban J connectivity index is 3.12. The molecule has 0 unspecified atom stereocenters. The summed E-state index contributed by atoms with van der Waals surface area (Å²) >= 11 is 10.8. The summed E-state index contributed by atoms with van der Waals surface area (Å²) in [5.74, 6) is 0.962. The summed E-state index contributed by atoms with van der Waals surface area (Å²) in [7, 11) is 0. The van der Waals surface area contributed by atoms with E-state index >= 15 is 0 Å². The Morgan fingerprint density at radius 3 is 2.55 bits per heavy atom. The largest absolute Gasteiger partial charge is 0.348 e. The monoisotopic (exact) mass is 193 g/mol. The zero-order valence-electron chi connectivity index (χ0n) is 5.47. The zero-order valence-corrected chi connectivity index (χ0v) is 6.98. The fourth-order valence-electron chi connectivity index (χ4n) is 0.600. The van der Waals surface area contributed by atoms with E-state index in [0.29, 0.717) is 11.6 Å². The molecule has 0 saturated carbocycles. The first-order chi connectivity index (χ1) is 5.26. The lowest BCUT2D eigenvalue weighted by atomic mass is 10.6. The summed E-state index contributed by atoms with van der Waals surface area (Å²) in [4.78, 5) is 20.4. The number of H-pyrrole nitrogens is 1. The molecule has 1 aromatic heterocycles. The maximum absolute atomic E-state index is 10.7. The number of halogens is 2. The second-order valence-corrected chi connectivity index (χ2v) is 2.32. The lowest BCUT2D eigenvalue weighted by Gasteiger charge is -1.95. The van der Waals surface area contributed by atoms with E-state index in [1.54, 1.807) is 0 Å². The summed E-state index contributed by atoms with van der Waals surface area (Å²) in [6.45, 7) is 0. The Kier molecular flexibility index (Phi) is 2.84. The van der Waals surface area contributed by atoms with Crippen LogP contribution < -0.4 is 5.69 Å². The Labute approximate surface area is 72.6 Å². The van der Waals surface area contributed by atoms with Gasteiger partial charge in [0.2, 0.25) is 0 Å². The first-order valence-electron chi connectivity index (χ1n) is 2.84. The molecule has 0 bridgehead atoms. The summed E-state index contributed by atoms with van der Waals surface area (Å²) in [5, 5.41) is 0. The van der Waals surface area contributed by atoms with Gasteiger partial charge < -0.3 is 0 Å². The van der Waals surface area contributed by atoms with E-state index in [1.165, 1.54) is 0 Å². The molecule has 0 aliphatic carbocycles. The average molecular weight is 194 g/mol. The SMILES string of the molecule is O=c1nc(CCl)nc(CCl)[nH]1. The van der Waals surface area contributed by atoms with Crippen LogP contribution in [0.4, 0.5) is 0 Å². The van der Waals surface area contributed by atoms with Crippen molar-refractivity contribution in [2.45, 2.75) is 11.8 Å². The van der Waals surface area contributed by atoms with Gasteiger partial charge in [-0.05, 0) is 0 Å². The van der Waals surface area contributed by atoms with E-state index in [1.807, 2.05) is 0 Å². The van der Waals surface area contributed by atoms with E-state index < -0.39 is 5.69 Å². The standard InChI is InChI=1S/C5H5Cl2N3O/c6-1-3-8-4(2-7)10-5(11)9-3/h1-2H2,(H,8,9,10,11). The minimum Gasteiger partial charge on any atom is -0.293 e. The van der Waals surface area contributed by atoms with E-state index in [2.05, 4.69) is 15.0 Å². The molecule has 4 nitrogen and oxygen atoms in total. The predicted octanol–water partition coefficient (Wildman–Crippen LogP) is 0.642. The van der Waals surface area contributed by atoms with Crippen molar-refractivity contribution >= 4 is 23.2 Å². The van der Waals surface area contributed by atoms with Gasteiger partial charge in [0.15, 0.2) is 5.82 Å². The van der Waals surface area contributed by atoms with Gasteiger partial charge in [-0.3, -0.25) is 4.98 Å². The van der Waals surface area contributed by atoms with Crippen LogP contribution in [-0.4, -0.2) is 15.0 Å². The van der Waals surface area contributed by atoms with Gasteiger partial charge >= 0.3 is 5.69 Å². The van der Waals surface area contributed by atoms with Gasteiger partial charge in [0, 0.05) is 0 Å². The third-order valence-electron chi connectivity index (χ3n) is 0.992. The number of aromatic amines is 1. The van der Waals surface area contributed by atoms with Crippen molar-refractivity contribution in [2.75, 3.05) is 0 Å². The molecule has 1 heterocycles. The number of hydrogen-bond acceptors (Lipinski definition) is 3. The highest BCUT2D eigenvalue weighted by Gasteiger charge is 1.98. The number of nitrogens with zero attached hydrogens (tertiary/aromatic N) is 2. The van der Waals surface area contributed by atoms with Crippen LogP contribution in [0.1, 0.15) is 11.6 Å². The molecular formula is C5H5Cl2N3O. The first-order valence-corrected chi connectivity index (χ1v) is 3.91. The fourth-order valence-corrected chi connectivity index (χ4v) is 0.846. The van der Waals surface area contributed by atoms with Crippen molar-refractivity contribution < 1.29 is 0 Å². The number of nitrogens with one attached hydrogen (secondary N) is 1. The molecule has 0 amide bonds. The highest BCUT2D eigenvalue weighted by Crippen LogP contribution is 1.95. The summed E-state index contributed by atoms with van der Waals surface area (Å²) < 4.78 is 0. The lowest BCUT2D eigenvalue weighted by Crippen LogP contribution is -2.16. The Hall–Kier alpha value is -0.610. The minimum atomic E-state index is -0.466. The highest BCUT2D eigenvalue weighted by atomic mass is 35.5. The van der Waals surface area contributed by atoms with Crippen LogP contribution in [0.5, 0.6) is 0 Å². The molecule has 1 aromatic rings. The number of rotatable bonds is 2. The molecule has 0 aliphatic heterocycles. The quantitative estimate of drug-likeness (QED) is 0.702. The third kappa shape index (κ3) is 2.17. The van der Waals surface area contributed by atoms with Crippen LogP contribution in [0.3, 0.4) is 0 Å². The fraction of sp³-hybridized carbons (Fsp3) is 0.400. The summed E-state index contributed by atoms with van der Waals surface area (Å²) in [5.41, 5.74) is -0.466. The molecule has 6 heteroatoms. The van der Waals surface area contributed by atoms with Crippen LogP contribution in [-0.2, 0) is 11.8 Å². The van der Waals surface area contributed by atoms with E-state index in [-0.39, 0.29) is 11.8 Å². The van der Waals surface area contributed by atoms with Crippen LogP contribution >= 0.6 is 23.2 Å². The summed E-state index contributed by atoms with van der Waals surface area (Å²) in [6.07, 6.45) is 0. The lowest BCUT2D eigenvalue weighted by molar-refractivity contribution is 0.860. The van der Waals surface area contributed by atoms with E-state index in [0.717, 1.165) is 0 Å². The molecule has 11 heavy (non-hydrogen) atoms. The maximum atomic E-state index is 10.7. The van der Waals surface area contributed by atoms with E-state index in [4.69, 9.17) is 23.2 Å². The van der Waals surface area contributed by atoms with Crippen molar-refractivity contribution in [3.63, 3.8) is 0 Å². The van der Waals surface area contributed by atoms with Crippen LogP contribution in [0.25, 0.3) is 0 Å². The van der Waals surface area contributed by atoms with E-state index in [9.17, 15) is 4.79 Å². The smallest absolute Gasteiger partial charge is 0.293 e. The minimum absolute atomic E-state index is 0.119. The third-order valence-corrected chi connectivity index (χ3v) is 1.48. The Morgan fingerprint density at radius 2 is 2.00 bits per heavy atom. The zero-order chi connectivity index (χ0) is 8.27. The topological polar surface area (TPSA) is 58.6 Å². The van der Waals surface area contributed by atoms with Gasteiger partial charge in [0.1, 0.15) is 5.82 Å². The number of aromatic nitrogens is 3. The second kappa shape index (κ2) is 3.69. The van der Waals surface area contributed by atoms with Crippen molar-refractivity contribution in [1.82, 2.24) is 15.0 Å². The van der Waals surface area contributed by atoms with Crippen LogP contribution in [0.2, 0.25) is 0 Å². The predicted molar refractivity (Wildman–Crippen MR) is 41.8 cm³/mol. The normalized spacial score (nSPS) is 10.0. The van der Waals surface area contributed by atoms with Gasteiger partial charge in [-0.2, -0.15) is 4.98 Å². The molecule has 0 aliphatic rings. The molecule has 60 valence electrons. The van der Waals surface area contributed by atoms with Crippen molar-refractivity contribution in [3.05, 3.63) is 22.1 Å². The van der Waals surface area contributed by atoms with Gasteiger partial charge in [-0.25, -0.2) is 9.78 Å². The maximum Gasteiger partial charge on any atom is 0.348 e. The van der Waals surface area contributed by atoms with Gasteiger partial charge in [0.25, 0.3) is 0 Å². The average Bonchev–Trinajstić information content (AvgIpc) is 2.03. The molecule has 1 N–H and O–H groups in total. The van der Waals surface area contributed by atoms with Crippen molar-refractivity contribution in [2.24, 2.45) is 0 Å². The molecule has 0 aromatic carbocycles. The molecular weight excluding hydrogens is 189 g/mol. The number of alkyl halides is 2. The molecule has 1 rings (SSSR count). The molecule has 0 fully saturated rings.